The molecule has 0 N–H and O–H groups in total. The van der Waals surface area contributed by atoms with E-state index < -0.39 is 0 Å². The Morgan fingerprint density at radius 3 is 3.11 bits per heavy atom. The summed E-state index contributed by atoms with van der Waals surface area (Å²) in [4.78, 5) is 2.73. The van der Waals surface area contributed by atoms with Crippen molar-refractivity contribution in [1.29, 1.82) is 0 Å². The molecule has 3 heteroatoms. The molecular weight excluding hydrogens is 238 g/mol. The van der Waals surface area contributed by atoms with E-state index in [9.17, 15) is 0 Å². The van der Waals surface area contributed by atoms with E-state index in [1.807, 2.05) is 7.11 Å². The lowest BCUT2D eigenvalue weighted by Gasteiger charge is -2.50. The van der Waals surface area contributed by atoms with Gasteiger partial charge in [-0.3, -0.25) is 4.90 Å². The summed E-state index contributed by atoms with van der Waals surface area (Å²) < 4.78 is 11.4. The largest absolute Gasteiger partial charge is 0.381 e. The maximum atomic E-state index is 5.70. The Hall–Kier alpha value is -0.640. The molecule has 3 aliphatic heterocycles. The molecule has 0 aromatic carbocycles. The predicted octanol–water partition coefficient (Wildman–Crippen LogP) is 2.29. The van der Waals surface area contributed by atoms with Crippen LogP contribution >= 0.6 is 0 Å². The van der Waals surface area contributed by atoms with Crippen LogP contribution in [0.2, 0.25) is 0 Å². The summed E-state index contributed by atoms with van der Waals surface area (Å²) in [6, 6.07) is 0. The minimum atomic E-state index is 0.219. The molecule has 1 aliphatic carbocycles. The Labute approximate surface area is 115 Å². The highest BCUT2D eigenvalue weighted by atomic mass is 16.5. The third-order valence-corrected chi connectivity index (χ3v) is 5.59. The second-order valence-corrected chi connectivity index (χ2v) is 6.26. The second-order valence-electron chi connectivity index (χ2n) is 6.26. The van der Waals surface area contributed by atoms with Gasteiger partial charge in [-0.05, 0) is 48.8 Å². The van der Waals surface area contributed by atoms with Crippen molar-refractivity contribution in [2.75, 3.05) is 33.4 Å². The number of ether oxygens (including phenoxy) is 2. The minimum absolute atomic E-state index is 0.219. The van der Waals surface area contributed by atoms with Crippen molar-refractivity contribution >= 4 is 0 Å². The van der Waals surface area contributed by atoms with Gasteiger partial charge in [-0.1, -0.05) is 6.08 Å². The number of hydrogen-bond acceptors (Lipinski definition) is 3. The summed E-state index contributed by atoms with van der Waals surface area (Å²) in [6.45, 7) is 4.21. The van der Waals surface area contributed by atoms with Gasteiger partial charge in [-0.2, -0.15) is 0 Å². The first-order valence-electron chi connectivity index (χ1n) is 7.61. The molecule has 104 valence electrons. The molecule has 2 atom stereocenters. The van der Waals surface area contributed by atoms with E-state index in [-0.39, 0.29) is 5.54 Å². The van der Waals surface area contributed by atoms with Crippen LogP contribution in [0.4, 0.5) is 0 Å². The maximum Gasteiger partial charge on any atom is 0.0680 e. The van der Waals surface area contributed by atoms with Crippen LogP contribution in [0.3, 0.4) is 0 Å². The van der Waals surface area contributed by atoms with Crippen molar-refractivity contribution in [2.24, 2.45) is 0 Å². The fourth-order valence-electron chi connectivity index (χ4n) is 4.69. The number of nitrogens with zero attached hydrogens (tertiary/aromatic N) is 1. The number of rotatable bonds is 1. The number of methoxy groups -OCH3 is 1. The van der Waals surface area contributed by atoms with E-state index in [1.54, 1.807) is 16.7 Å². The zero-order valence-electron chi connectivity index (χ0n) is 11.8. The molecule has 0 aromatic rings. The monoisotopic (exact) mass is 261 g/mol. The van der Waals surface area contributed by atoms with Gasteiger partial charge >= 0.3 is 0 Å². The van der Waals surface area contributed by atoms with E-state index in [0.717, 1.165) is 32.5 Å². The van der Waals surface area contributed by atoms with Gasteiger partial charge in [0.05, 0.1) is 24.9 Å². The zero-order valence-corrected chi connectivity index (χ0v) is 11.8. The molecule has 0 amide bonds. The predicted molar refractivity (Wildman–Crippen MR) is 74.1 cm³/mol. The molecule has 1 fully saturated rings. The molecule has 1 spiro atoms. The molecule has 19 heavy (non-hydrogen) atoms. The van der Waals surface area contributed by atoms with Crippen molar-refractivity contribution in [1.82, 2.24) is 4.90 Å². The Bertz CT molecular complexity index is 454. The summed E-state index contributed by atoms with van der Waals surface area (Å²) in [5.74, 6) is 0. The average Bonchev–Trinajstić information content (AvgIpc) is 2.86. The Balaban J connectivity index is 1.83. The summed E-state index contributed by atoms with van der Waals surface area (Å²) in [7, 11) is 1.86. The average molecular weight is 261 g/mol. The quantitative estimate of drug-likeness (QED) is 0.676. The second kappa shape index (κ2) is 4.44. The molecule has 0 saturated carbocycles. The standard InChI is InChI=1S/C16H23NO2/c1-18-14-3-2-13-5-8-17-7-4-12-11-19-9-6-15(12)16(13,17)10-14/h2,14H,3-11H2,1H3/t14-,16+/m1/s1. The number of hydrogen-bond donors (Lipinski definition) is 0. The molecule has 1 saturated heterocycles. The molecular formula is C16H23NO2. The first kappa shape index (κ1) is 12.1. The topological polar surface area (TPSA) is 21.7 Å². The molecule has 3 nitrogen and oxygen atoms in total. The summed E-state index contributed by atoms with van der Waals surface area (Å²) in [5, 5.41) is 0. The van der Waals surface area contributed by atoms with Gasteiger partial charge in [0.25, 0.3) is 0 Å². The molecule has 4 aliphatic rings. The van der Waals surface area contributed by atoms with E-state index >= 15 is 0 Å². The first-order chi connectivity index (χ1) is 9.34. The van der Waals surface area contributed by atoms with Gasteiger partial charge in [-0.25, -0.2) is 0 Å². The maximum absolute atomic E-state index is 5.70. The van der Waals surface area contributed by atoms with Crippen LogP contribution < -0.4 is 0 Å². The highest BCUT2D eigenvalue weighted by Gasteiger charge is 2.52. The molecule has 0 unspecified atom stereocenters. The highest BCUT2D eigenvalue weighted by Crippen LogP contribution is 2.52. The van der Waals surface area contributed by atoms with Crippen LogP contribution in [-0.4, -0.2) is 50.0 Å². The molecule has 0 radical (unpaired) electrons. The van der Waals surface area contributed by atoms with Crippen LogP contribution in [0.5, 0.6) is 0 Å². The van der Waals surface area contributed by atoms with Gasteiger partial charge in [0.2, 0.25) is 0 Å². The molecule has 3 heterocycles. The van der Waals surface area contributed by atoms with Crippen LogP contribution in [0.25, 0.3) is 0 Å². The smallest absolute Gasteiger partial charge is 0.0680 e. The lowest BCUT2D eigenvalue weighted by Crippen LogP contribution is -2.54. The van der Waals surface area contributed by atoms with Gasteiger partial charge in [-0.15, -0.1) is 0 Å². The third-order valence-electron chi connectivity index (χ3n) is 5.59. The summed E-state index contributed by atoms with van der Waals surface area (Å²) >= 11 is 0. The first-order valence-corrected chi connectivity index (χ1v) is 7.61. The SMILES string of the molecule is CO[C@@H]1CC=C2CCN3CCC4=C(CCOC4)[C@]23C1. The van der Waals surface area contributed by atoms with Gasteiger partial charge in [0.1, 0.15) is 0 Å². The van der Waals surface area contributed by atoms with Crippen molar-refractivity contribution in [3.63, 3.8) is 0 Å². The Kier molecular flexibility index (Phi) is 2.83. The van der Waals surface area contributed by atoms with Crippen molar-refractivity contribution in [2.45, 2.75) is 43.7 Å². The van der Waals surface area contributed by atoms with Gasteiger partial charge < -0.3 is 9.47 Å². The van der Waals surface area contributed by atoms with Crippen LogP contribution in [0.15, 0.2) is 22.8 Å². The van der Waals surface area contributed by atoms with Gasteiger partial charge in [0.15, 0.2) is 0 Å². The van der Waals surface area contributed by atoms with Crippen molar-refractivity contribution < 1.29 is 9.47 Å². The van der Waals surface area contributed by atoms with Gasteiger partial charge in [0, 0.05) is 20.2 Å². The van der Waals surface area contributed by atoms with E-state index in [2.05, 4.69) is 11.0 Å². The lowest BCUT2D eigenvalue weighted by atomic mass is 9.69. The third kappa shape index (κ3) is 1.61. The van der Waals surface area contributed by atoms with Crippen LogP contribution in [0.1, 0.15) is 32.1 Å². The fraction of sp³-hybridized carbons (Fsp3) is 0.750. The minimum Gasteiger partial charge on any atom is -0.381 e. The molecule has 0 aromatic heterocycles. The highest BCUT2D eigenvalue weighted by molar-refractivity contribution is 5.46. The Morgan fingerprint density at radius 2 is 2.21 bits per heavy atom. The van der Waals surface area contributed by atoms with Crippen LogP contribution in [0, 0.1) is 0 Å². The Morgan fingerprint density at radius 1 is 1.32 bits per heavy atom. The molecule has 0 bridgehead atoms. The lowest BCUT2D eigenvalue weighted by molar-refractivity contribution is 0.0339. The summed E-state index contributed by atoms with van der Waals surface area (Å²) in [5.41, 5.74) is 5.17. The van der Waals surface area contributed by atoms with E-state index in [0.29, 0.717) is 6.10 Å². The van der Waals surface area contributed by atoms with Crippen LogP contribution in [-0.2, 0) is 9.47 Å². The van der Waals surface area contributed by atoms with Crippen molar-refractivity contribution in [3.05, 3.63) is 22.8 Å². The zero-order chi connectivity index (χ0) is 12.9. The fourth-order valence-corrected chi connectivity index (χ4v) is 4.69. The van der Waals surface area contributed by atoms with Crippen molar-refractivity contribution in [3.8, 4) is 0 Å². The summed E-state index contributed by atoms with van der Waals surface area (Å²) in [6.07, 6.45) is 8.71. The van der Waals surface area contributed by atoms with E-state index in [4.69, 9.17) is 9.47 Å². The van der Waals surface area contributed by atoms with E-state index in [1.165, 1.54) is 25.9 Å². The molecule has 4 rings (SSSR count). The normalized spacial score (nSPS) is 38.6.